The maximum atomic E-state index is 12.7. The molecule has 3 aromatic rings. The Hall–Kier alpha value is -3.47. The van der Waals surface area contributed by atoms with Crippen molar-refractivity contribution in [3.8, 4) is 0 Å². The number of ketones is 1. The van der Waals surface area contributed by atoms with E-state index in [9.17, 15) is 14.4 Å². The Balaban J connectivity index is 1.78. The van der Waals surface area contributed by atoms with Gasteiger partial charge in [0.1, 0.15) is 5.69 Å². The average molecular weight is 316 g/mol. The van der Waals surface area contributed by atoms with Crippen molar-refractivity contribution in [3.63, 3.8) is 0 Å². The van der Waals surface area contributed by atoms with Crippen LogP contribution in [0.25, 0.3) is 0 Å². The number of nitrogens with zero attached hydrogens (tertiary/aromatic N) is 2. The lowest BCUT2D eigenvalue weighted by molar-refractivity contribution is 0.0884. The van der Waals surface area contributed by atoms with Gasteiger partial charge in [0.15, 0.2) is 0 Å². The van der Waals surface area contributed by atoms with Gasteiger partial charge in [0.2, 0.25) is 5.78 Å². The summed E-state index contributed by atoms with van der Waals surface area (Å²) >= 11 is 0. The van der Waals surface area contributed by atoms with Crippen LogP contribution in [0.3, 0.4) is 0 Å². The number of hydrogen-bond donors (Lipinski definition) is 0. The molecule has 24 heavy (non-hydrogen) atoms. The molecule has 0 unspecified atom stereocenters. The lowest BCUT2D eigenvalue weighted by atomic mass is 10.1. The van der Waals surface area contributed by atoms with Gasteiger partial charge in [-0.1, -0.05) is 42.5 Å². The zero-order valence-electron chi connectivity index (χ0n) is 12.5. The van der Waals surface area contributed by atoms with E-state index in [0.29, 0.717) is 16.7 Å². The molecule has 5 nitrogen and oxygen atoms in total. The first-order chi connectivity index (χ1) is 11.7. The molecule has 0 atom stereocenters. The second kappa shape index (κ2) is 5.31. The number of rotatable bonds is 3. The number of fused-ring (bicyclic) bond motifs is 1. The smallest absolute Gasteiger partial charge is 0.281 e. The minimum atomic E-state index is -0.436. The first-order valence-corrected chi connectivity index (χ1v) is 7.43. The Bertz CT molecular complexity index is 938. The number of carbonyl (C=O) groups excluding carboxylic acids is 3. The number of aromatic nitrogens is 1. The molecule has 0 fully saturated rings. The summed E-state index contributed by atoms with van der Waals surface area (Å²) in [4.78, 5) is 37.9. The van der Waals surface area contributed by atoms with Gasteiger partial charge in [-0.25, -0.2) is 4.68 Å². The summed E-state index contributed by atoms with van der Waals surface area (Å²) in [6.07, 6.45) is 1.54. The minimum absolute atomic E-state index is 0.253. The topological polar surface area (TPSA) is 59.4 Å². The maximum absolute atomic E-state index is 12.7. The third kappa shape index (κ3) is 1.99. The van der Waals surface area contributed by atoms with E-state index >= 15 is 0 Å². The quantitative estimate of drug-likeness (QED) is 0.551. The van der Waals surface area contributed by atoms with Crippen LogP contribution in [0.5, 0.6) is 0 Å². The van der Waals surface area contributed by atoms with E-state index in [1.165, 1.54) is 10.9 Å². The van der Waals surface area contributed by atoms with Gasteiger partial charge in [-0.3, -0.25) is 14.4 Å². The highest BCUT2D eigenvalue weighted by Gasteiger charge is 2.37. The van der Waals surface area contributed by atoms with Crippen LogP contribution in [0, 0.1) is 0 Å². The molecule has 0 bridgehead atoms. The second-order valence-electron chi connectivity index (χ2n) is 5.40. The first kappa shape index (κ1) is 14.1. The van der Waals surface area contributed by atoms with Gasteiger partial charge in [-0.2, -0.15) is 5.01 Å². The van der Waals surface area contributed by atoms with Crippen LogP contribution in [0.4, 0.5) is 0 Å². The predicted molar refractivity (Wildman–Crippen MR) is 87.6 cm³/mol. The highest BCUT2D eigenvalue weighted by molar-refractivity contribution is 6.31. The van der Waals surface area contributed by atoms with Gasteiger partial charge in [-0.05, 0) is 24.3 Å². The van der Waals surface area contributed by atoms with Gasteiger partial charge in [-0.15, -0.1) is 0 Å². The number of carbonyl (C=O) groups is 3. The SMILES string of the molecule is O=C(c1ccccc1)c1cccn1N1C(=O)c2ccccc2C1=O. The van der Waals surface area contributed by atoms with Crippen LogP contribution in [0.2, 0.25) is 0 Å². The lowest BCUT2D eigenvalue weighted by Gasteiger charge is -2.18. The maximum Gasteiger partial charge on any atom is 0.281 e. The molecule has 1 aromatic heterocycles. The number of benzene rings is 2. The van der Waals surface area contributed by atoms with Crippen molar-refractivity contribution in [1.29, 1.82) is 0 Å². The van der Waals surface area contributed by atoms with Gasteiger partial charge >= 0.3 is 0 Å². The molecule has 2 heterocycles. The van der Waals surface area contributed by atoms with Gasteiger partial charge in [0.25, 0.3) is 11.8 Å². The Kier molecular flexibility index (Phi) is 3.13. The van der Waals surface area contributed by atoms with E-state index < -0.39 is 11.8 Å². The highest BCUT2D eigenvalue weighted by Crippen LogP contribution is 2.23. The van der Waals surface area contributed by atoms with E-state index in [0.717, 1.165) is 5.01 Å². The normalized spacial score (nSPS) is 13.2. The summed E-state index contributed by atoms with van der Waals surface area (Å²) in [7, 11) is 0. The van der Waals surface area contributed by atoms with Crippen LogP contribution >= 0.6 is 0 Å². The summed E-state index contributed by atoms with van der Waals surface area (Å²) < 4.78 is 1.32. The summed E-state index contributed by atoms with van der Waals surface area (Å²) in [5.41, 5.74) is 1.44. The van der Waals surface area contributed by atoms with Gasteiger partial charge in [0.05, 0.1) is 11.1 Å². The van der Waals surface area contributed by atoms with Gasteiger partial charge in [0, 0.05) is 11.8 Å². The van der Waals surface area contributed by atoms with E-state index in [4.69, 9.17) is 0 Å². The summed E-state index contributed by atoms with van der Waals surface area (Å²) in [6, 6.07) is 18.6. The Morgan fingerprint density at radius 2 is 1.29 bits per heavy atom. The van der Waals surface area contributed by atoms with Crippen LogP contribution in [-0.2, 0) is 0 Å². The van der Waals surface area contributed by atoms with Crippen molar-refractivity contribution in [2.45, 2.75) is 0 Å². The molecule has 5 heteroatoms. The molecule has 0 saturated heterocycles. The fraction of sp³-hybridized carbons (Fsp3) is 0. The molecule has 0 aliphatic carbocycles. The van der Waals surface area contributed by atoms with Crippen molar-refractivity contribution in [1.82, 2.24) is 4.68 Å². The van der Waals surface area contributed by atoms with Crippen LogP contribution < -0.4 is 5.01 Å². The summed E-state index contributed by atoms with van der Waals surface area (Å²) in [5.74, 6) is -1.13. The largest absolute Gasteiger partial charge is 0.287 e. The zero-order chi connectivity index (χ0) is 16.7. The molecule has 116 valence electrons. The molecule has 0 radical (unpaired) electrons. The minimum Gasteiger partial charge on any atom is -0.287 e. The monoisotopic (exact) mass is 316 g/mol. The summed E-state index contributed by atoms with van der Waals surface area (Å²) in [5, 5.41) is 1.00. The van der Waals surface area contributed by atoms with E-state index in [1.54, 1.807) is 60.7 Å². The zero-order valence-corrected chi connectivity index (χ0v) is 12.5. The molecule has 1 aliphatic rings. The molecule has 0 N–H and O–H groups in total. The molecular weight excluding hydrogens is 304 g/mol. The Labute approximate surface area is 137 Å². The lowest BCUT2D eigenvalue weighted by Crippen LogP contribution is -2.41. The fourth-order valence-electron chi connectivity index (χ4n) is 2.84. The van der Waals surface area contributed by atoms with Gasteiger partial charge < -0.3 is 0 Å². The third-order valence-electron chi connectivity index (χ3n) is 3.98. The third-order valence-corrected chi connectivity index (χ3v) is 3.98. The van der Waals surface area contributed by atoms with E-state index in [1.807, 2.05) is 6.07 Å². The van der Waals surface area contributed by atoms with Crippen molar-refractivity contribution in [2.24, 2.45) is 0 Å². The van der Waals surface area contributed by atoms with Crippen molar-refractivity contribution in [2.75, 3.05) is 5.01 Å². The first-order valence-electron chi connectivity index (χ1n) is 7.43. The molecule has 4 rings (SSSR count). The predicted octanol–water partition coefficient (Wildman–Crippen LogP) is 2.65. The average Bonchev–Trinajstić information content (AvgIpc) is 3.19. The van der Waals surface area contributed by atoms with Crippen LogP contribution in [0.1, 0.15) is 36.8 Å². The van der Waals surface area contributed by atoms with E-state index in [2.05, 4.69) is 0 Å². The molecule has 2 amide bonds. The standard InChI is InChI=1S/C19H12N2O3/c22-17(13-7-2-1-3-8-13)16-11-6-12-20(16)21-18(23)14-9-4-5-10-15(14)19(21)24/h1-12H. The fourth-order valence-corrected chi connectivity index (χ4v) is 2.84. The molecule has 1 aliphatic heterocycles. The number of amides is 2. The molecule has 2 aromatic carbocycles. The number of hydrogen-bond acceptors (Lipinski definition) is 3. The van der Waals surface area contributed by atoms with Crippen molar-refractivity contribution >= 4 is 17.6 Å². The van der Waals surface area contributed by atoms with E-state index in [-0.39, 0.29) is 11.5 Å². The Morgan fingerprint density at radius 3 is 1.92 bits per heavy atom. The highest BCUT2D eigenvalue weighted by atomic mass is 16.2. The molecule has 0 spiro atoms. The van der Waals surface area contributed by atoms with Crippen molar-refractivity contribution in [3.05, 3.63) is 95.3 Å². The van der Waals surface area contributed by atoms with Crippen molar-refractivity contribution < 1.29 is 14.4 Å². The van der Waals surface area contributed by atoms with Crippen LogP contribution in [-0.4, -0.2) is 22.3 Å². The van der Waals surface area contributed by atoms with Crippen LogP contribution in [0.15, 0.2) is 72.9 Å². The molecule has 0 saturated carbocycles. The number of imide groups is 1. The summed E-state index contributed by atoms with van der Waals surface area (Å²) in [6.45, 7) is 0. The second-order valence-corrected chi connectivity index (χ2v) is 5.40. The molecular formula is C19H12N2O3. The Morgan fingerprint density at radius 1 is 0.708 bits per heavy atom.